The zero-order valence-corrected chi connectivity index (χ0v) is 13.8. The Morgan fingerprint density at radius 2 is 1.95 bits per heavy atom. The molecular formula is C16H31N5. The Bertz CT molecular complexity index is 407. The van der Waals surface area contributed by atoms with Gasteiger partial charge >= 0.3 is 0 Å². The van der Waals surface area contributed by atoms with Gasteiger partial charge in [0.05, 0.1) is 18.1 Å². The van der Waals surface area contributed by atoms with Crippen molar-refractivity contribution < 1.29 is 0 Å². The summed E-state index contributed by atoms with van der Waals surface area (Å²) >= 11 is 0. The summed E-state index contributed by atoms with van der Waals surface area (Å²) in [6.07, 6.45) is 5.06. The molecule has 1 atom stereocenters. The third-order valence-corrected chi connectivity index (χ3v) is 4.24. The first-order chi connectivity index (χ1) is 10.2. The minimum atomic E-state index is 0.306. The van der Waals surface area contributed by atoms with Gasteiger partial charge in [0.1, 0.15) is 0 Å². The predicted octanol–water partition coefficient (Wildman–Crippen LogP) is 1.57. The van der Waals surface area contributed by atoms with Crippen LogP contribution in [0.2, 0.25) is 0 Å². The summed E-state index contributed by atoms with van der Waals surface area (Å²) in [6, 6.07) is 0.306. The molecule has 21 heavy (non-hydrogen) atoms. The molecule has 0 amide bonds. The van der Waals surface area contributed by atoms with Crippen LogP contribution in [-0.2, 0) is 6.54 Å². The molecule has 0 aromatic carbocycles. The summed E-state index contributed by atoms with van der Waals surface area (Å²) in [5.74, 6) is 0.743. The SMILES string of the molecule is CCCn1cncc1C(CN)N1CCN(CC(C)C)CC1. The molecule has 5 heteroatoms. The maximum atomic E-state index is 6.08. The molecule has 0 bridgehead atoms. The van der Waals surface area contributed by atoms with Crippen molar-refractivity contribution in [2.45, 2.75) is 39.8 Å². The molecule has 0 aliphatic carbocycles. The van der Waals surface area contributed by atoms with Crippen LogP contribution < -0.4 is 5.73 Å². The van der Waals surface area contributed by atoms with Crippen LogP contribution >= 0.6 is 0 Å². The van der Waals surface area contributed by atoms with Crippen molar-refractivity contribution in [2.24, 2.45) is 11.7 Å². The van der Waals surface area contributed by atoms with Crippen molar-refractivity contribution >= 4 is 0 Å². The van der Waals surface area contributed by atoms with Crippen molar-refractivity contribution in [3.05, 3.63) is 18.2 Å². The first-order valence-corrected chi connectivity index (χ1v) is 8.32. The van der Waals surface area contributed by atoms with E-state index in [1.165, 1.54) is 12.2 Å². The Balaban J connectivity index is 1.97. The van der Waals surface area contributed by atoms with Gasteiger partial charge < -0.3 is 15.2 Å². The first-order valence-electron chi connectivity index (χ1n) is 8.32. The van der Waals surface area contributed by atoms with E-state index in [1.54, 1.807) is 0 Å². The highest BCUT2D eigenvalue weighted by atomic mass is 15.3. The molecule has 1 saturated heterocycles. The highest BCUT2D eigenvalue weighted by molar-refractivity contribution is 5.07. The molecule has 2 rings (SSSR count). The van der Waals surface area contributed by atoms with E-state index in [9.17, 15) is 0 Å². The summed E-state index contributed by atoms with van der Waals surface area (Å²) in [5, 5.41) is 0. The van der Waals surface area contributed by atoms with Crippen LogP contribution in [0.3, 0.4) is 0 Å². The van der Waals surface area contributed by atoms with Crippen LogP contribution in [0.1, 0.15) is 38.9 Å². The second-order valence-corrected chi connectivity index (χ2v) is 6.49. The van der Waals surface area contributed by atoms with Crippen molar-refractivity contribution in [1.82, 2.24) is 19.4 Å². The molecule has 1 aromatic heterocycles. The van der Waals surface area contributed by atoms with Crippen LogP contribution in [0.5, 0.6) is 0 Å². The Labute approximate surface area is 129 Å². The molecule has 0 spiro atoms. The lowest BCUT2D eigenvalue weighted by Crippen LogP contribution is -2.50. The van der Waals surface area contributed by atoms with Gasteiger partial charge in [-0.2, -0.15) is 0 Å². The zero-order chi connectivity index (χ0) is 15.2. The van der Waals surface area contributed by atoms with E-state index in [1.807, 2.05) is 12.5 Å². The highest BCUT2D eigenvalue weighted by Gasteiger charge is 2.26. The van der Waals surface area contributed by atoms with E-state index in [-0.39, 0.29) is 0 Å². The average molecular weight is 293 g/mol. The van der Waals surface area contributed by atoms with Gasteiger partial charge in [-0.3, -0.25) is 4.90 Å². The average Bonchev–Trinajstić information content (AvgIpc) is 2.90. The Kier molecular flexibility index (Phi) is 6.21. The van der Waals surface area contributed by atoms with Gasteiger partial charge in [-0.15, -0.1) is 0 Å². The zero-order valence-electron chi connectivity index (χ0n) is 13.8. The van der Waals surface area contributed by atoms with Gasteiger partial charge in [0, 0.05) is 52.0 Å². The fourth-order valence-corrected chi connectivity index (χ4v) is 3.27. The lowest BCUT2D eigenvalue weighted by atomic mass is 10.1. The number of piperazine rings is 1. The lowest BCUT2D eigenvalue weighted by molar-refractivity contribution is 0.0884. The van der Waals surface area contributed by atoms with Crippen molar-refractivity contribution in [1.29, 1.82) is 0 Å². The van der Waals surface area contributed by atoms with E-state index in [2.05, 4.69) is 40.1 Å². The van der Waals surface area contributed by atoms with Crippen LogP contribution in [0.25, 0.3) is 0 Å². The predicted molar refractivity (Wildman–Crippen MR) is 87.2 cm³/mol. The summed E-state index contributed by atoms with van der Waals surface area (Å²) in [7, 11) is 0. The third kappa shape index (κ3) is 4.28. The number of aromatic nitrogens is 2. The maximum absolute atomic E-state index is 6.08. The van der Waals surface area contributed by atoms with Crippen molar-refractivity contribution in [3.63, 3.8) is 0 Å². The van der Waals surface area contributed by atoms with Gasteiger partial charge in [0.25, 0.3) is 0 Å². The van der Waals surface area contributed by atoms with Crippen molar-refractivity contribution in [2.75, 3.05) is 39.3 Å². The molecule has 120 valence electrons. The van der Waals surface area contributed by atoms with Crippen LogP contribution in [0.15, 0.2) is 12.5 Å². The number of hydrogen-bond acceptors (Lipinski definition) is 4. The molecule has 1 aliphatic heterocycles. The fraction of sp³-hybridized carbons (Fsp3) is 0.812. The van der Waals surface area contributed by atoms with Crippen LogP contribution in [0, 0.1) is 5.92 Å². The fourth-order valence-electron chi connectivity index (χ4n) is 3.27. The largest absolute Gasteiger partial charge is 0.333 e. The molecule has 0 radical (unpaired) electrons. The van der Waals surface area contributed by atoms with Crippen molar-refractivity contribution in [3.8, 4) is 0 Å². The number of imidazole rings is 1. The Morgan fingerprint density at radius 1 is 1.24 bits per heavy atom. The smallest absolute Gasteiger partial charge is 0.0948 e. The van der Waals surface area contributed by atoms with Gasteiger partial charge in [0.15, 0.2) is 0 Å². The standard InChI is InChI=1S/C16H31N5/c1-4-5-21-13-18-11-16(21)15(10-17)20-8-6-19(7-9-20)12-14(2)3/h11,13-15H,4-10,12,17H2,1-3H3. The second kappa shape index (κ2) is 7.92. The Hall–Kier alpha value is -0.910. The normalized spacial score (nSPS) is 19.3. The number of hydrogen-bond donors (Lipinski definition) is 1. The lowest BCUT2D eigenvalue weighted by Gasteiger charge is -2.39. The molecule has 2 N–H and O–H groups in total. The van der Waals surface area contributed by atoms with Gasteiger partial charge in [-0.1, -0.05) is 20.8 Å². The molecule has 5 nitrogen and oxygen atoms in total. The topological polar surface area (TPSA) is 50.3 Å². The minimum Gasteiger partial charge on any atom is -0.333 e. The maximum Gasteiger partial charge on any atom is 0.0948 e. The van der Waals surface area contributed by atoms with E-state index in [0.717, 1.165) is 45.1 Å². The molecule has 1 fully saturated rings. The molecule has 1 unspecified atom stereocenters. The molecule has 1 aromatic rings. The van der Waals surface area contributed by atoms with Gasteiger partial charge in [-0.05, 0) is 12.3 Å². The number of rotatable bonds is 7. The quantitative estimate of drug-likeness (QED) is 0.829. The monoisotopic (exact) mass is 293 g/mol. The molecule has 1 aliphatic rings. The Morgan fingerprint density at radius 3 is 2.52 bits per heavy atom. The second-order valence-electron chi connectivity index (χ2n) is 6.49. The first kappa shape index (κ1) is 16.5. The minimum absolute atomic E-state index is 0.306. The summed E-state index contributed by atoms with van der Waals surface area (Å²) in [6.45, 7) is 14.2. The molecule has 2 heterocycles. The van der Waals surface area contributed by atoms with Gasteiger partial charge in [-0.25, -0.2) is 4.98 Å². The third-order valence-electron chi connectivity index (χ3n) is 4.24. The molecule has 0 saturated carbocycles. The number of nitrogens with zero attached hydrogens (tertiary/aromatic N) is 4. The van der Waals surface area contributed by atoms with E-state index in [4.69, 9.17) is 5.73 Å². The van der Waals surface area contributed by atoms with Crippen LogP contribution in [-0.4, -0.2) is 58.6 Å². The number of nitrogens with two attached hydrogens (primary N) is 1. The van der Waals surface area contributed by atoms with E-state index < -0.39 is 0 Å². The molecular weight excluding hydrogens is 262 g/mol. The summed E-state index contributed by atoms with van der Waals surface area (Å²) in [5.41, 5.74) is 7.35. The summed E-state index contributed by atoms with van der Waals surface area (Å²) in [4.78, 5) is 9.42. The van der Waals surface area contributed by atoms with E-state index >= 15 is 0 Å². The van der Waals surface area contributed by atoms with Crippen LogP contribution in [0.4, 0.5) is 0 Å². The number of aryl methyl sites for hydroxylation is 1. The highest BCUT2D eigenvalue weighted by Crippen LogP contribution is 2.21. The summed E-state index contributed by atoms with van der Waals surface area (Å²) < 4.78 is 2.26. The van der Waals surface area contributed by atoms with Gasteiger partial charge in [0.2, 0.25) is 0 Å². The van der Waals surface area contributed by atoms with E-state index in [0.29, 0.717) is 12.6 Å².